The van der Waals surface area contributed by atoms with Crippen LogP contribution in [0.5, 0.6) is 0 Å². The topological polar surface area (TPSA) is 41.1 Å². The molecular weight excluding hydrogens is 412 g/mol. The molecule has 118 valence electrons. The Hall–Kier alpha value is -1.15. The minimum Gasteiger partial charge on any atom is -0.327 e. The molecule has 3 rings (SSSR count). The van der Waals surface area contributed by atoms with E-state index in [1.54, 1.807) is 11.3 Å². The summed E-state index contributed by atoms with van der Waals surface area (Å²) in [5, 5.41) is 7.91. The first-order valence-electron chi connectivity index (χ1n) is 6.79. The zero-order chi connectivity index (χ0) is 16.4. The summed E-state index contributed by atoms with van der Waals surface area (Å²) >= 11 is 12.1. The Morgan fingerprint density at radius 1 is 1.30 bits per heavy atom. The maximum absolute atomic E-state index is 12.2. The highest BCUT2D eigenvalue weighted by atomic mass is 79.9. The van der Waals surface area contributed by atoms with Gasteiger partial charge in [-0.2, -0.15) is 0 Å². The van der Waals surface area contributed by atoms with Gasteiger partial charge in [-0.3, -0.25) is 0 Å². The molecule has 2 aromatic rings. The summed E-state index contributed by atoms with van der Waals surface area (Å²) < 4.78 is 1.77. The van der Waals surface area contributed by atoms with E-state index in [0.29, 0.717) is 0 Å². The van der Waals surface area contributed by atoms with Crippen molar-refractivity contribution in [3.8, 4) is 0 Å². The van der Waals surface area contributed by atoms with Gasteiger partial charge in [0.1, 0.15) is 0 Å². The minimum absolute atomic E-state index is 0.214. The predicted octanol–water partition coefficient (Wildman–Crippen LogP) is 4.97. The molecule has 3 nitrogen and oxygen atoms in total. The molecular formula is C16H13BrN2OS3. The van der Waals surface area contributed by atoms with Gasteiger partial charge in [-0.1, -0.05) is 46.3 Å². The van der Waals surface area contributed by atoms with E-state index in [4.69, 9.17) is 12.2 Å². The molecule has 0 saturated carbocycles. The molecule has 2 amide bonds. The zero-order valence-corrected chi connectivity index (χ0v) is 16.2. The van der Waals surface area contributed by atoms with Crippen LogP contribution in [0.1, 0.15) is 16.5 Å². The molecule has 7 heteroatoms. The van der Waals surface area contributed by atoms with Gasteiger partial charge < -0.3 is 10.6 Å². The highest BCUT2D eigenvalue weighted by molar-refractivity contribution is 9.10. The Kier molecular flexibility index (Phi) is 5.21. The fraction of sp³-hybridized carbons (Fsp3) is 0.125. The lowest BCUT2D eigenvalue weighted by atomic mass is 9.96. The fourth-order valence-electron chi connectivity index (χ4n) is 2.41. The number of amides is 2. The van der Waals surface area contributed by atoms with E-state index < -0.39 is 0 Å². The van der Waals surface area contributed by atoms with Gasteiger partial charge in [0.05, 0.1) is 20.8 Å². The molecule has 0 radical (unpaired) electrons. The van der Waals surface area contributed by atoms with Crippen molar-refractivity contribution in [3.05, 3.63) is 62.3 Å². The number of rotatable bonds is 3. The van der Waals surface area contributed by atoms with Gasteiger partial charge in [-0.15, -0.1) is 23.1 Å². The first kappa shape index (κ1) is 16.7. The predicted molar refractivity (Wildman–Crippen MR) is 106 cm³/mol. The van der Waals surface area contributed by atoms with Crippen LogP contribution in [-0.4, -0.2) is 16.5 Å². The third-order valence-corrected chi connectivity index (χ3v) is 6.17. The number of halogens is 1. The molecule has 0 fully saturated rings. The van der Waals surface area contributed by atoms with Gasteiger partial charge in [0, 0.05) is 10.0 Å². The van der Waals surface area contributed by atoms with Crippen LogP contribution < -0.4 is 10.6 Å². The lowest BCUT2D eigenvalue weighted by Crippen LogP contribution is -2.44. The van der Waals surface area contributed by atoms with Crippen molar-refractivity contribution < 1.29 is 4.79 Å². The maximum atomic E-state index is 12.2. The van der Waals surface area contributed by atoms with Crippen molar-refractivity contribution in [2.75, 3.05) is 6.26 Å². The second-order valence-electron chi connectivity index (χ2n) is 4.84. The van der Waals surface area contributed by atoms with E-state index in [1.807, 2.05) is 48.0 Å². The van der Waals surface area contributed by atoms with Gasteiger partial charge >= 0.3 is 6.03 Å². The van der Waals surface area contributed by atoms with Gasteiger partial charge in [0.15, 0.2) is 0 Å². The maximum Gasteiger partial charge on any atom is 0.320 e. The molecule has 1 aliphatic rings. The molecule has 1 unspecified atom stereocenters. The number of hydrogen-bond acceptors (Lipinski definition) is 4. The largest absolute Gasteiger partial charge is 0.327 e. The van der Waals surface area contributed by atoms with E-state index in [2.05, 4.69) is 26.6 Å². The number of nitrogens with one attached hydrogen (secondary N) is 2. The highest BCUT2D eigenvalue weighted by Crippen LogP contribution is 2.36. The summed E-state index contributed by atoms with van der Waals surface area (Å²) in [7, 11) is 0. The molecule has 0 spiro atoms. The number of urea groups is 1. The van der Waals surface area contributed by atoms with Crippen LogP contribution in [0.4, 0.5) is 4.79 Å². The van der Waals surface area contributed by atoms with Crippen molar-refractivity contribution in [1.29, 1.82) is 0 Å². The summed E-state index contributed by atoms with van der Waals surface area (Å²) in [6.07, 6.45) is 1.95. The molecule has 1 aliphatic heterocycles. The molecule has 23 heavy (non-hydrogen) atoms. The first-order valence-corrected chi connectivity index (χ1v) is 10.1. The normalized spacial score (nSPS) is 17.7. The van der Waals surface area contributed by atoms with Crippen LogP contribution >= 0.6 is 51.2 Å². The summed E-state index contributed by atoms with van der Waals surface area (Å²) in [4.78, 5) is 13.2. The summed E-state index contributed by atoms with van der Waals surface area (Å²) in [6.45, 7) is 0. The van der Waals surface area contributed by atoms with E-state index in [1.165, 1.54) is 11.8 Å². The van der Waals surface area contributed by atoms with Crippen LogP contribution in [-0.2, 0) is 0 Å². The van der Waals surface area contributed by atoms with E-state index in [9.17, 15) is 4.79 Å². The first-order chi connectivity index (χ1) is 11.1. The molecule has 1 atom stereocenters. The number of carbonyl (C=O) groups excluding carboxylic acids is 1. The standard InChI is InChI=1S/C16H13BrN2OS3/c1-22-15(21)12-13(9-4-6-10(17)7-5-9)18-16(20)19-14(12)11-3-2-8-23-11/h2-8,13H,1H3,(H2,18,19,20). The average molecular weight is 425 g/mol. The van der Waals surface area contributed by atoms with Crippen molar-refractivity contribution >= 4 is 67.2 Å². The molecule has 2 heterocycles. The number of benzene rings is 1. The number of carbonyl (C=O) groups is 1. The van der Waals surface area contributed by atoms with E-state index in [-0.39, 0.29) is 12.1 Å². The van der Waals surface area contributed by atoms with Gasteiger partial charge in [0.2, 0.25) is 0 Å². The number of hydrogen-bond donors (Lipinski definition) is 2. The van der Waals surface area contributed by atoms with E-state index in [0.717, 1.165) is 30.4 Å². The van der Waals surface area contributed by atoms with Gasteiger partial charge in [0.25, 0.3) is 0 Å². The van der Waals surface area contributed by atoms with Crippen LogP contribution in [0.2, 0.25) is 0 Å². The number of thioether (sulfide) groups is 1. The van der Waals surface area contributed by atoms with Crippen molar-refractivity contribution in [3.63, 3.8) is 0 Å². The molecule has 0 aliphatic carbocycles. The third kappa shape index (κ3) is 3.52. The molecule has 0 bridgehead atoms. The average Bonchev–Trinajstić information content (AvgIpc) is 3.08. The quantitative estimate of drug-likeness (QED) is 0.683. The molecule has 0 saturated heterocycles. The second-order valence-corrected chi connectivity index (χ2v) is 8.19. The van der Waals surface area contributed by atoms with Crippen LogP contribution in [0.15, 0.2) is 51.8 Å². The Labute approximate surface area is 156 Å². The lowest BCUT2D eigenvalue weighted by molar-refractivity contribution is 0.241. The smallest absolute Gasteiger partial charge is 0.320 e. The molecule has 1 aromatic heterocycles. The summed E-state index contributed by atoms with van der Waals surface area (Å²) in [5.74, 6) is 0. The lowest BCUT2D eigenvalue weighted by Gasteiger charge is -2.30. The Morgan fingerprint density at radius 3 is 2.65 bits per heavy atom. The van der Waals surface area contributed by atoms with E-state index >= 15 is 0 Å². The van der Waals surface area contributed by atoms with Crippen molar-refractivity contribution in [1.82, 2.24) is 10.6 Å². The van der Waals surface area contributed by atoms with Crippen molar-refractivity contribution in [2.24, 2.45) is 0 Å². The van der Waals surface area contributed by atoms with Gasteiger partial charge in [-0.05, 0) is 35.4 Å². The van der Waals surface area contributed by atoms with Crippen LogP contribution in [0.3, 0.4) is 0 Å². The minimum atomic E-state index is -0.256. The number of thiocarbonyl (C=S) groups is 1. The van der Waals surface area contributed by atoms with Crippen LogP contribution in [0.25, 0.3) is 5.70 Å². The third-order valence-electron chi connectivity index (χ3n) is 3.45. The van der Waals surface area contributed by atoms with Gasteiger partial charge in [-0.25, -0.2) is 4.79 Å². The zero-order valence-electron chi connectivity index (χ0n) is 12.1. The fourth-order valence-corrected chi connectivity index (χ4v) is 4.08. The Bertz CT molecular complexity index is 769. The second kappa shape index (κ2) is 7.17. The van der Waals surface area contributed by atoms with Crippen molar-refractivity contribution in [2.45, 2.75) is 6.04 Å². The monoisotopic (exact) mass is 424 g/mol. The Morgan fingerprint density at radius 2 is 2.04 bits per heavy atom. The SMILES string of the molecule is CSC(=S)C1=C(c2cccs2)NC(=O)NC1c1ccc(Br)cc1. The van der Waals surface area contributed by atoms with Crippen LogP contribution in [0, 0.1) is 0 Å². The molecule has 2 N–H and O–H groups in total. The summed E-state index contributed by atoms with van der Waals surface area (Å²) in [6, 6.07) is 11.4. The number of thiophene rings is 1. The molecule has 1 aromatic carbocycles. The summed E-state index contributed by atoms with van der Waals surface area (Å²) in [5.41, 5.74) is 2.75. The Balaban J connectivity index is 2.16. The highest BCUT2D eigenvalue weighted by Gasteiger charge is 2.31.